The Morgan fingerprint density at radius 2 is 1.90 bits per heavy atom. The first-order valence-electron chi connectivity index (χ1n) is 13.8. The molecule has 1 spiro atoms. The van der Waals surface area contributed by atoms with E-state index >= 15 is 0 Å². The second-order valence-electron chi connectivity index (χ2n) is 11.0. The van der Waals surface area contributed by atoms with E-state index in [1.807, 2.05) is 20.8 Å². The molecule has 3 saturated heterocycles. The van der Waals surface area contributed by atoms with Gasteiger partial charge in [0.05, 0.1) is 40.8 Å². The fourth-order valence-corrected chi connectivity index (χ4v) is 7.23. The standard InChI is InChI=1S/C30H40ClN3O5/c1-6-16-32(17-7-2)26(36)23-24-27(37)34(20(9-4)19-35)25(30(24)15-14-29(23,5)39-30)28(38)33(18-8-3)22-13-11-10-12-21(22)31/h6,8,10-13,20,23-25,35H,1,3,7,9,14-19H2,2,4-5H3/t20-,23+,24-,25?,29-,30?/m0/s1. The number of nitrogens with zero attached hydrogens (tertiary/aromatic N) is 3. The number of benzene rings is 1. The van der Waals surface area contributed by atoms with Gasteiger partial charge in [-0.1, -0.05) is 49.7 Å². The van der Waals surface area contributed by atoms with Gasteiger partial charge in [-0.3, -0.25) is 14.4 Å². The van der Waals surface area contributed by atoms with E-state index in [9.17, 15) is 19.5 Å². The number of aliphatic hydroxyl groups excluding tert-OH is 1. The Morgan fingerprint density at radius 1 is 1.21 bits per heavy atom. The number of rotatable bonds is 12. The Kier molecular flexibility index (Phi) is 8.59. The number of likely N-dealkylation sites (tertiary alicyclic amines) is 1. The zero-order valence-corrected chi connectivity index (χ0v) is 23.9. The second kappa shape index (κ2) is 11.4. The number of carbonyl (C=O) groups excluding carboxylic acids is 3. The monoisotopic (exact) mass is 557 g/mol. The highest BCUT2D eigenvalue weighted by molar-refractivity contribution is 6.34. The third-order valence-corrected chi connectivity index (χ3v) is 8.99. The lowest BCUT2D eigenvalue weighted by Gasteiger charge is -2.39. The Labute approximate surface area is 236 Å². The molecule has 3 amide bonds. The van der Waals surface area contributed by atoms with Crippen LogP contribution in [0.4, 0.5) is 5.69 Å². The summed E-state index contributed by atoms with van der Waals surface area (Å²) in [6.45, 7) is 14.1. The van der Waals surface area contributed by atoms with Gasteiger partial charge in [-0.05, 0) is 44.7 Å². The highest BCUT2D eigenvalue weighted by atomic mass is 35.5. The number of anilines is 1. The van der Waals surface area contributed by atoms with Crippen LogP contribution in [-0.4, -0.2) is 82.2 Å². The summed E-state index contributed by atoms with van der Waals surface area (Å²) in [7, 11) is 0. The van der Waals surface area contributed by atoms with Gasteiger partial charge in [0.1, 0.15) is 11.6 Å². The van der Waals surface area contributed by atoms with Crippen LogP contribution >= 0.6 is 11.6 Å². The first kappa shape index (κ1) is 29.3. The maximum absolute atomic E-state index is 14.6. The molecule has 3 aliphatic heterocycles. The van der Waals surface area contributed by atoms with E-state index in [0.29, 0.717) is 43.1 Å². The van der Waals surface area contributed by atoms with Crippen molar-refractivity contribution >= 4 is 35.0 Å². The van der Waals surface area contributed by atoms with Crippen LogP contribution in [0.3, 0.4) is 0 Å². The molecule has 6 atom stereocenters. The van der Waals surface area contributed by atoms with E-state index in [2.05, 4.69) is 13.2 Å². The molecule has 0 radical (unpaired) electrons. The summed E-state index contributed by atoms with van der Waals surface area (Å²) in [5, 5.41) is 10.7. The van der Waals surface area contributed by atoms with Crippen LogP contribution in [-0.2, 0) is 19.1 Å². The number of amides is 3. The number of hydrogen-bond acceptors (Lipinski definition) is 5. The van der Waals surface area contributed by atoms with Gasteiger partial charge >= 0.3 is 0 Å². The summed E-state index contributed by atoms with van der Waals surface area (Å²) in [6, 6.07) is 5.40. The van der Waals surface area contributed by atoms with E-state index in [4.69, 9.17) is 16.3 Å². The third-order valence-electron chi connectivity index (χ3n) is 8.67. The van der Waals surface area contributed by atoms with Crippen LogP contribution in [0.1, 0.15) is 46.5 Å². The average Bonchev–Trinajstić information content (AvgIpc) is 3.49. The van der Waals surface area contributed by atoms with Crippen molar-refractivity contribution in [2.24, 2.45) is 11.8 Å². The summed E-state index contributed by atoms with van der Waals surface area (Å²) in [6.07, 6.45) is 5.50. The van der Waals surface area contributed by atoms with Gasteiger partial charge in [-0.15, -0.1) is 13.2 Å². The Morgan fingerprint density at radius 3 is 2.49 bits per heavy atom. The lowest BCUT2D eigenvalue weighted by atomic mass is 9.66. The number of para-hydroxylation sites is 1. The minimum absolute atomic E-state index is 0.154. The molecule has 3 aliphatic rings. The summed E-state index contributed by atoms with van der Waals surface area (Å²) in [5.41, 5.74) is -1.58. The maximum atomic E-state index is 14.6. The number of carbonyl (C=O) groups is 3. The number of aliphatic hydroxyl groups is 1. The molecule has 212 valence electrons. The largest absolute Gasteiger partial charge is 0.394 e. The van der Waals surface area contributed by atoms with E-state index in [1.54, 1.807) is 41.3 Å². The minimum Gasteiger partial charge on any atom is -0.394 e. The number of fused-ring (bicyclic) bond motifs is 1. The summed E-state index contributed by atoms with van der Waals surface area (Å²) in [5.74, 6) is -2.41. The summed E-state index contributed by atoms with van der Waals surface area (Å²) >= 11 is 6.52. The van der Waals surface area contributed by atoms with Gasteiger partial charge in [0.15, 0.2) is 0 Å². The van der Waals surface area contributed by atoms with Crippen LogP contribution in [0, 0.1) is 11.8 Å². The Bertz CT molecular complexity index is 1140. The number of hydrogen-bond donors (Lipinski definition) is 1. The quantitative estimate of drug-likeness (QED) is 0.395. The summed E-state index contributed by atoms with van der Waals surface area (Å²) < 4.78 is 6.76. The lowest BCUT2D eigenvalue weighted by molar-refractivity contribution is -0.152. The van der Waals surface area contributed by atoms with E-state index in [-0.39, 0.29) is 30.9 Å². The molecular formula is C30H40ClN3O5. The number of ether oxygens (including phenoxy) is 1. The SMILES string of the molecule is C=CCN(CCC)C(=O)[C@H]1[C@H]2C(=O)N([C@@H](CC)CO)C(C(=O)N(CC=C)c3ccccc3Cl)C23CC[C@]1(C)O3. The van der Waals surface area contributed by atoms with Crippen molar-refractivity contribution in [1.82, 2.24) is 9.80 Å². The van der Waals surface area contributed by atoms with Crippen LogP contribution in [0.2, 0.25) is 5.02 Å². The average molecular weight is 558 g/mol. The molecule has 3 heterocycles. The van der Waals surface area contributed by atoms with Crippen LogP contribution in [0.5, 0.6) is 0 Å². The fourth-order valence-electron chi connectivity index (χ4n) is 6.99. The molecule has 4 rings (SSSR count). The van der Waals surface area contributed by atoms with Gasteiger partial charge in [0.25, 0.3) is 5.91 Å². The molecule has 9 heteroatoms. The lowest BCUT2D eigenvalue weighted by Crippen LogP contribution is -2.59. The molecule has 0 aromatic heterocycles. The van der Waals surface area contributed by atoms with Gasteiger partial charge in [-0.2, -0.15) is 0 Å². The third kappa shape index (κ3) is 4.60. The normalized spacial score (nSPS) is 29.7. The second-order valence-corrected chi connectivity index (χ2v) is 11.4. The van der Waals surface area contributed by atoms with Crippen molar-refractivity contribution < 1.29 is 24.2 Å². The van der Waals surface area contributed by atoms with Crippen molar-refractivity contribution in [1.29, 1.82) is 0 Å². The van der Waals surface area contributed by atoms with Crippen molar-refractivity contribution in [3.8, 4) is 0 Å². The minimum atomic E-state index is -1.20. The van der Waals surface area contributed by atoms with Gasteiger partial charge < -0.3 is 24.5 Å². The smallest absolute Gasteiger partial charge is 0.253 e. The molecule has 1 aromatic rings. The van der Waals surface area contributed by atoms with Gasteiger partial charge in [-0.25, -0.2) is 0 Å². The molecule has 0 saturated carbocycles. The Hall–Kier alpha value is -2.68. The molecule has 2 bridgehead atoms. The molecule has 3 fully saturated rings. The molecule has 1 N–H and O–H groups in total. The van der Waals surface area contributed by atoms with E-state index in [0.717, 1.165) is 6.42 Å². The molecule has 0 aliphatic carbocycles. The van der Waals surface area contributed by atoms with E-state index in [1.165, 1.54) is 9.80 Å². The number of halogens is 1. The van der Waals surface area contributed by atoms with Crippen molar-refractivity contribution in [2.45, 2.75) is 69.7 Å². The predicted octanol–water partition coefficient (Wildman–Crippen LogP) is 3.82. The maximum Gasteiger partial charge on any atom is 0.253 e. The molecule has 1 aromatic carbocycles. The first-order chi connectivity index (χ1) is 18.6. The van der Waals surface area contributed by atoms with E-state index < -0.39 is 35.1 Å². The molecule has 8 nitrogen and oxygen atoms in total. The zero-order chi connectivity index (χ0) is 28.5. The Balaban J connectivity index is 1.85. The van der Waals surface area contributed by atoms with Crippen LogP contribution < -0.4 is 4.90 Å². The van der Waals surface area contributed by atoms with Crippen LogP contribution in [0.15, 0.2) is 49.6 Å². The van der Waals surface area contributed by atoms with Gasteiger partial charge in [0.2, 0.25) is 11.8 Å². The highest BCUT2D eigenvalue weighted by Crippen LogP contribution is 2.64. The topological polar surface area (TPSA) is 90.4 Å². The summed E-state index contributed by atoms with van der Waals surface area (Å²) in [4.78, 5) is 47.7. The predicted molar refractivity (Wildman–Crippen MR) is 151 cm³/mol. The van der Waals surface area contributed by atoms with Gasteiger partial charge in [0, 0.05) is 19.6 Å². The molecule has 39 heavy (non-hydrogen) atoms. The van der Waals surface area contributed by atoms with Crippen LogP contribution in [0.25, 0.3) is 0 Å². The highest BCUT2D eigenvalue weighted by Gasteiger charge is 2.78. The zero-order valence-electron chi connectivity index (χ0n) is 23.1. The van der Waals surface area contributed by atoms with Crippen molar-refractivity contribution in [3.05, 3.63) is 54.6 Å². The van der Waals surface area contributed by atoms with Crippen molar-refractivity contribution in [3.63, 3.8) is 0 Å². The molecule has 2 unspecified atom stereocenters. The molecular weight excluding hydrogens is 518 g/mol. The van der Waals surface area contributed by atoms with Crippen molar-refractivity contribution in [2.75, 3.05) is 31.1 Å². The first-order valence-corrected chi connectivity index (χ1v) is 14.2. The fraction of sp³-hybridized carbons (Fsp3) is 0.567.